The van der Waals surface area contributed by atoms with Gasteiger partial charge < -0.3 is 24.3 Å². The Bertz CT molecular complexity index is 924. The Labute approximate surface area is 183 Å². The Morgan fingerprint density at radius 2 is 2.03 bits per heavy atom. The molecule has 0 radical (unpaired) electrons. The summed E-state index contributed by atoms with van der Waals surface area (Å²) in [4.78, 5) is 28.0. The van der Waals surface area contributed by atoms with Gasteiger partial charge in [-0.05, 0) is 31.2 Å². The minimum absolute atomic E-state index is 0.0125. The maximum Gasteiger partial charge on any atom is 0.413 e. The van der Waals surface area contributed by atoms with Crippen LogP contribution in [-0.2, 0) is 17.9 Å². The van der Waals surface area contributed by atoms with Gasteiger partial charge in [0, 0.05) is 25.2 Å². The van der Waals surface area contributed by atoms with Crippen molar-refractivity contribution in [1.29, 1.82) is 0 Å². The third-order valence-electron chi connectivity index (χ3n) is 6.30. The molecule has 2 amide bonds. The van der Waals surface area contributed by atoms with Gasteiger partial charge in [0.2, 0.25) is 0 Å². The fraction of sp³-hybridized carbons (Fsp3) is 0.500. The number of hydrogen-bond acceptors (Lipinski definition) is 4. The summed E-state index contributed by atoms with van der Waals surface area (Å²) in [6.07, 6.45) is 3.24. The molecule has 2 aliphatic rings. The maximum atomic E-state index is 13.3. The molecule has 166 valence electrons. The van der Waals surface area contributed by atoms with Gasteiger partial charge in [-0.2, -0.15) is 0 Å². The predicted molar refractivity (Wildman–Crippen MR) is 117 cm³/mol. The molecule has 7 heteroatoms. The molecule has 0 saturated carbocycles. The van der Waals surface area contributed by atoms with Crippen LogP contribution < -0.4 is 10.1 Å². The molecule has 1 aromatic heterocycles. The third-order valence-corrected chi connectivity index (χ3v) is 6.30. The number of likely N-dealkylation sites (tertiary alicyclic amines) is 1. The van der Waals surface area contributed by atoms with Crippen molar-refractivity contribution in [3.8, 4) is 5.75 Å². The van der Waals surface area contributed by atoms with Crippen molar-refractivity contribution in [3.63, 3.8) is 0 Å². The van der Waals surface area contributed by atoms with Gasteiger partial charge in [0.05, 0.1) is 24.9 Å². The number of fused-ring (bicyclic) bond motifs is 1. The zero-order valence-electron chi connectivity index (χ0n) is 18.3. The summed E-state index contributed by atoms with van der Waals surface area (Å²) >= 11 is 0. The summed E-state index contributed by atoms with van der Waals surface area (Å²) < 4.78 is 13.2. The van der Waals surface area contributed by atoms with Gasteiger partial charge in [0.1, 0.15) is 5.69 Å². The summed E-state index contributed by atoms with van der Waals surface area (Å²) in [5.74, 6) is 0.411. The van der Waals surface area contributed by atoms with Gasteiger partial charge >= 0.3 is 6.09 Å². The molecule has 7 nitrogen and oxygen atoms in total. The van der Waals surface area contributed by atoms with Gasteiger partial charge in [-0.15, -0.1) is 0 Å². The van der Waals surface area contributed by atoms with Gasteiger partial charge in [0.15, 0.2) is 5.75 Å². The lowest BCUT2D eigenvalue weighted by molar-refractivity contribution is 0.0676. The van der Waals surface area contributed by atoms with Crippen LogP contribution in [0, 0.1) is 0 Å². The number of ether oxygens (including phenoxy) is 2. The second-order valence-corrected chi connectivity index (χ2v) is 8.15. The normalized spacial score (nSPS) is 19.0. The lowest BCUT2D eigenvalue weighted by atomic mass is 10.1. The molecule has 1 aromatic carbocycles. The molecule has 0 spiro atoms. The summed E-state index contributed by atoms with van der Waals surface area (Å²) in [5, 5.41) is 2.94. The molecular weight excluding hydrogens is 394 g/mol. The number of aromatic nitrogens is 1. The van der Waals surface area contributed by atoms with Crippen molar-refractivity contribution in [2.75, 3.05) is 13.2 Å². The molecular formula is C24H31N3O4. The summed E-state index contributed by atoms with van der Waals surface area (Å²) in [5.41, 5.74) is 2.35. The molecule has 2 aliphatic heterocycles. The van der Waals surface area contributed by atoms with Crippen LogP contribution in [0.5, 0.6) is 5.75 Å². The quantitative estimate of drug-likeness (QED) is 0.750. The maximum absolute atomic E-state index is 13.3. The lowest BCUT2D eigenvalue weighted by Crippen LogP contribution is -2.37. The third kappa shape index (κ3) is 4.46. The number of carbonyl (C=O) groups excluding carboxylic acids is 2. The van der Waals surface area contributed by atoms with E-state index >= 15 is 0 Å². The Kier molecular flexibility index (Phi) is 6.61. The van der Waals surface area contributed by atoms with E-state index in [1.54, 1.807) is 6.07 Å². The van der Waals surface area contributed by atoms with Gasteiger partial charge in [-0.1, -0.05) is 44.2 Å². The van der Waals surface area contributed by atoms with Crippen LogP contribution in [-0.4, -0.2) is 40.7 Å². The smallest absolute Gasteiger partial charge is 0.408 e. The fourth-order valence-electron chi connectivity index (χ4n) is 4.61. The van der Waals surface area contributed by atoms with Crippen molar-refractivity contribution >= 4 is 12.0 Å². The molecule has 0 bridgehead atoms. The molecule has 4 rings (SSSR count). The molecule has 1 N–H and O–H groups in total. The first-order valence-electron chi connectivity index (χ1n) is 11.3. The van der Waals surface area contributed by atoms with Gasteiger partial charge in [-0.3, -0.25) is 4.79 Å². The lowest BCUT2D eigenvalue weighted by Gasteiger charge is -2.25. The summed E-state index contributed by atoms with van der Waals surface area (Å²) in [6, 6.07) is 11.7. The van der Waals surface area contributed by atoms with E-state index in [0.717, 1.165) is 43.5 Å². The highest BCUT2D eigenvalue weighted by molar-refractivity contribution is 5.94. The molecule has 1 fully saturated rings. The van der Waals surface area contributed by atoms with E-state index in [1.807, 2.05) is 46.7 Å². The minimum Gasteiger partial charge on any atom is -0.408 e. The van der Waals surface area contributed by atoms with Crippen LogP contribution in [0.25, 0.3) is 0 Å². The van der Waals surface area contributed by atoms with Crippen LogP contribution in [0.3, 0.4) is 0 Å². The first-order chi connectivity index (χ1) is 15.1. The second kappa shape index (κ2) is 9.56. The highest BCUT2D eigenvalue weighted by Crippen LogP contribution is 2.31. The average Bonchev–Trinajstić information content (AvgIpc) is 3.43. The average molecular weight is 426 g/mol. The number of rotatable bonds is 6. The van der Waals surface area contributed by atoms with Crippen molar-refractivity contribution in [2.45, 2.75) is 64.8 Å². The number of nitrogens with one attached hydrogen (secondary N) is 1. The Morgan fingerprint density at radius 1 is 1.23 bits per heavy atom. The van der Waals surface area contributed by atoms with Crippen LogP contribution in [0.1, 0.15) is 67.3 Å². The number of benzene rings is 1. The van der Waals surface area contributed by atoms with Crippen molar-refractivity contribution in [2.24, 2.45) is 0 Å². The Hall–Kier alpha value is -2.80. The second-order valence-electron chi connectivity index (χ2n) is 8.15. The predicted octanol–water partition coefficient (Wildman–Crippen LogP) is 4.27. The first-order valence-corrected chi connectivity index (χ1v) is 11.3. The van der Waals surface area contributed by atoms with E-state index in [1.165, 1.54) is 0 Å². The number of nitrogens with zero attached hydrogens (tertiary/aromatic N) is 2. The summed E-state index contributed by atoms with van der Waals surface area (Å²) in [7, 11) is 0. The van der Waals surface area contributed by atoms with E-state index in [4.69, 9.17) is 9.47 Å². The van der Waals surface area contributed by atoms with Crippen molar-refractivity contribution in [3.05, 3.63) is 53.3 Å². The van der Waals surface area contributed by atoms with E-state index in [0.29, 0.717) is 31.2 Å². The highest BCUT2D eigenvalue weighted by Gasteiger charge is 2.32. The SMILES string of the molecule is CC[C@H]1CCCN1C(=O)c1cc(OC(=O)N[C@H](CC)c2ccccc2)c2n1CCOC2. The van der Waals surface area contributed by atoms with E-state index in [-0.39, 0.29) is 18.0 Å². The van der Waals surface area contributed by atoms with Gasteiger partial charge in [0.25, 0.3) is 5.91 Å². The molecule has 1 saturated heterocycles. The summed E-state index contributed by atoms with van der Waals surface area (Å²) in [6.45, 7) is 6.35. The van der Waals surface area contributed by atoms with Crippen LogP contribution in [0.4, 0.5) is 4.79 Å². The fourth-order valence-corrected chi connectivity index (χ4v) is 4.61. The Morgan fingerprint density at radius 3 is 2.77 bits per heavy atom. The molecule has 0 unspecified atom stereocenters. The van der Waals surface area contributed by atoms with E-state index in [2.05, 4.69) is 12.2 Å². The minimum atomic E-state index is -0.527. The molecule has 31 heavy (non-hydrogen) atoms. The molecule has 2 aromatic rings. The topological polar surface area (TPSA) is 72.8 Å². The monoisotopic (exact) mass is 425 g/mol. The molecule has 3 heterocycles. The largest absolute Gasteiger partial charge is 0.413 e. The highest BCUT2D eigenvalue weighted by atomic mass is 16.6. The molecule has 2 atom stereocenters. The standard InChI is InChI=1S/C24H31N3O4/c1-3-18-11-8-12-26(18)23(28)20-15-22(21-16-30-14-13-27(20)21)31-24(29)25-19(4-2)17-9-6-5-7-10-17/h5-7,9-10,15,18-19H,3-4,8,11-14,16H2,1-2H3,(H,25,29)/t18-,19+/m0/s1. The van der Waals surface area contributed by atoms with E-state index in [9.17, 15) is 9.59 Å². The number of hydrogen-bond donors (Lipinski definition) is 1. The van der Waals surface area contributed by atoms with Crippen LogP contribution in [0.15, 0.2) is 36.4 Å². The number of amides is 2. The number of carbonyl (C=O) groups is 2. The van der Waals surface area contributed by atoms with Crippen molar-refractivity contribution < 1.29 is 19.1 Å². The van der Waals surface area contributed by atoms with Crippen LogP contribution in [0.2, 0.25) is 0 Å². The van der Waals surface area contributed by atoms with E-state index < -0.39 is 6.09 Å². The Balaban J connectivity index is 1.53. The first kappa shape index (κ1) is 21.4. The van der Waals surface area contributed by atoms with Crippen LogP contribution >= 0.6 is 0 Å². The van der Waals surface area contributed by atoms with Crippen molar-refractivity contribution in [1.82, 2.24) is 14.8 Å². The van der Waals surface area contributed by atoms with Gasteiger partial charge in [-0.25, -0.2) is 4.79 Å². The zero-order chi connectivity index (χ0) is 21.8. The zero-order valence-corrected chi connectivity index (χ0v) is 18.3. The molecule has 0 aliphatic carbocycles.